The molecule has 1 fully saturated rings. The lowest BCUT2D eigenvalue weighted by atomic mass is 10.1. The van der Waals surface area contributed by atoms with Gasteiger partial charge in [-0.05, 0) is 30.3 Å². The first-order chi connectivity index (χ1) is 14.3. The van der Waals surface area contributed by atoms with Crippen LogP contribution in [0.1, 0.15) is 12.8 Å². The van der Waals surface area contributed by atoms with Gasteiger partial charge in [-0.1, -0.05) is 18.2 Å². The Morgan fingerprint density at radius 3 is 2.27 bits per heavy atom. The second-order valence-corrected chi connectivity index (χ2v) is 7.27. The molecular formula is C22H21F3N2O3. The second kappa shape index (κ2) is 7.93. The molecule has 0 N–H and O–H groups in total. The first-order valence-electron chi connectivity index (χ1n) is 9.66. The Labute approximate surface area is 171 Å². The van der Waals surface area contributed by atoms with Crippen LogP contribution in [0, 0.1) is 0 Å². The number of fused-ring (bicyclic) bond motifs is 1. The van der Waals surface area contributed by atoms with Crippen LogP contribution in [0.3, 0.4) is 0 Å². The molecule has 0 saturated carbocycles. The van der Waals surface area contributed by atoms with Gasteiger partial charge < -0.3 is 18.9 Å². The summed E-state index contributed by atoms with van der Waals surface area (Å²) < 4.78 is 48.2. The summed E-state index contributed by atoms with van der Waals surface area (Å²) in [5, 5.41) is 1.03. The highest BCUT2D eigenvalue weighted by Gasteiger charge is 2.31. The number of alkyl halides is 3. The summed E-state index contributed by atoms with van der Waals surface area (Å²) in [6.45, 7) is 1.44. The van der Waals surface area contributed by atoms with E-state index in [9.17, 15) is 18.0 Å². The summed E-state index contributed by atoms with van der Waals surface area (Å²) in [4.78, 5) is 14.5. The Morgan fingerprint density at radius 1 is 0.967 bits per heavy atom. The number of anilines is 1. The minimum absolute atomic E-state index is 0.0477. The highest BCUT2D eigenvalue weighted by molar-refractivity contribution is 5.91. The van der Waals surface area contributed by atoms with Gasteiger partial charge in [0, 0.05) is 44.4 Å². The highest BCUT2D eigenvalue weighted by Crippen LogP contribution is 2.29. The normalized spacial score (nSPS) is 15.4. The van der Waals surface area contributed by atoms with Gasteiger partial charge in [-0.3, -0.25) is 4.79 Å². The summed E-state index contributed by atoms with van der Waals surface area (Å²) >= 11 is 0. The van der Waals surface area contributed by atoms with E-state index in [1.165, 1.54) is 24.3 Å². The molecule has 0 atom stereocenters. The fourth-order valence-electron chi connectivity index (χ4n) is 3.78. The van der Waals surface area contributed by atoms with Gasteiger partial charge in [-0.2, -0.15) is 0 Å². The van der Waals surface area contributed by atoms with Crippen LogP contribution in [0.2, 0.25) is 0 Å². The maximum atomic E-state index is 12.3. The maximum absolute atomic E-state index is 12.3. The third-order valence-corrected chi connectivity index (χ3v) is 5.27. The van der Waals surface area contributed by atoms with Gasteiger partial charge >= 0.3 is 6.36 Å². The van der Waals surface area contributed by atoms with Crippen molar-refractivity contribution in [3.63, 3.8) is 0 Å². The van der Waals surface area contributed by atoms with E-state index in [0.717, 1.165) is 42.5 Å². The molecule has 8 heteroatoms. The van der Waals surface area contributed by atoms with Crippen LogP contribution < -0.4 is 19.9 Å². The van der Waals surface area contributed by atoms with Gasteiger partial charge in [0.1, 0.15) is 17.6 Å². The van der Waals surface area contributed by atoms with Crippen molar-refractivity contribution in [3.8, 4) is 11.5 Å². The summed E-state index contributed by atoms with van der Waals surface area (Å²) in [5.74, 6) is 0.226. The Bertz CT molecular complexity index is 1090. The summed E-state index contributed by atoms with van der Waals surface area (Å²) in [6, 6.07) is 14.9. The van der Waals surface area contributed by atoms with Crippen molar-refractivity contribution in [2.45, 2.75) is 25.3 Å². The Kier molecular flexibility index (Phi) is 5.32. The number of hydrogen-bond acceptors (Lipinski definition) is 4. The minimum Gasteiger partial charge on any atom is -0.490 e. The molecule has 5 nitrogen and oxygen atoms in total. The molecule has 158 valence electrons. The average molecular weight is 418 g/mol. The number of halogens is 3. The predicted octanol–water partition coefficient (Wildman–Crippen LogP) is 4.48. The number of pyridine rings is 1. The van der Waals surface area contributed by atoms with Crippen molar-refractivity contribution in [3.05, 3.63) is 65.0 Å². The van der Waals surface area contributed by atoms with Gasteiger partial charge in [-0.25, -0.2) is 0 Å². The molecule has 30 heavy (non-hydrogen) atoms. The van der Waals surface area contributed by atoms with Gasteiger partial charge in [0.25, 0.3) is 5.56 Å². The number of aromatic nitrogens is 1. The number of nitrogens with zero attached hydrogens (tertiary/aromatic N) is 2. The van der Waals surface area contributed by atoms with E-state index in [0.29, 0.717) is 5.75 Å². The molecule has 0 bridgehead atoms. The zero-order chi connectivity index (χ0) is 21.3. The largest absolute Gasteiger partial charge is 0.573 e. The topological polar surface area (TPSA) is 43.7 Å². The predicted molar refractivity (Wildman–Crippen MR) is 108 cm³/mol. The highest BCUT2D eigenvalue weighted by atomic mass is 19.4. The number of piperidine rings is 1. The van der Waals surface area contributed by atoms with Crippen LogP contribution in [0.25, 0.3) is 10.9 Å². The van der Waals surface area contributed by atoms with Crippen molar-refractivity contribution in [2.24, 2.45) is 7.05 Å². The number of para-hydroxylation sites is 1. The number of ether oxygens (including phenoxy) is 2. The third-order valence-electron chi connectivity index (χ3n) is 5.27. The number of rotatable bonds is 4. The molecule has 4 rings (SSSR count). The van der Waals surface area contributed by atoms with E-state index >= 15 is 0 Å². The van der Waals surface area contributed by atoms with Crippen molar-refractivity contribution in [2.75, 3.05) is 18.0 Å². The van der Waals surface area contributed by atoms with E-state index < -0.39 is 6.36 Å². The Balaban J connectivity index is 1.42. The lowest BCUT2D eigenvalue weighted by Crippen LogP contribution is -2.39. The van der Waals surface area contributed by atoms with E-state index in [4.69, 9.17) is 4.74 Å². The van der Waals surface area contributed by atoms with E-state index in [1.807, 2.05) is 24.3 Å². The lowest BCUT2D eigenvalue weighted by molar-refractivity contribution is -0.274. The van der Waals surface area contributed by atoms with Gasteiger partial charge in [0.05, 0.1) is 11.2 Å². The van der Waals surface area contributed by atoms with Crippen LogP contribution in [0.4, 0.5) is 18.9 Å². The Hall–Kier alpha value is -3.16. The van der Waals surface area contributed by atoms with Crippen LogP contribution >= 0.6 is 0 Å². The molecule has 1 saturated heterocycles. The molecule has 3 aromatic rings. The zero-order valence-electron chi connectivity index (χ0n) is 16.4. The van der Waals surface area contributed by atoms with Gasteiger partial charge in [-0.15, -0.1) is 13.2 Å². The third kappa shape index (κ3) is 4.37. The Morgan fingerprint density at radius 2 is 1.60 bits per heavy atom. The van der Waals surface area contributed by atoms with Crippen molar-refractivity contribution in [1.29, 1.82) is 0 Å². The van der Waals surface area contributed by atoms with E-state index in [2.05, 4.69) is 9.64 Å². The van der Waals surface area contributed by atoms with Crippen LogP contribution in [-0.4, -0.2) is 30.1 Å². The molecular weight excluding hydrogens is 397 g/mol. The molecule has 2 aromatic carbocycles. The molecule has 0 amide bonds. The first kappa shape index (κ1) is 20.1. The van der Waals surface area contributed by atoms with Gasteiger partial charge in [0.2, 0.25) is 0 Å². The number of benzene rings is 2. The molecule has 0 radical (unpaired) electrons. The summed E-state index contributed by atoms with van der Waals surface area (Å²) in [7, 11) is 1.76. The molecule has 0 spiro atoms. The second-order valence-electron chi connectivity index (χ2n) is 7.27. The van der Waals surface area contributed by atoms with Crippen LogP contribution in [-0.2, 0) is 7.05 Å². The number of hydrogen-bond donors (Lipinski definition) is 0. The zero-order valence-corrected chi connectivity index (χ0v) is 16.4. The van der Waals surface area contributed by atoms with E-state index in [1.54, 1.807) is 17.7 Å². The molecule has 0 aliphatic carbocycles. The molecule has 2 heterocycles. The monoisotopic (exact) mass is 418 g/mol. The average Bonchev–Trinajstić information content (AvgIpc) is 2.72. The van der Waals surface area contributed by atoms with Gasteiger partial charge in [0.15, 0.2) is 0 Å². The first-order valence-corrected chi connectivity index (χ1v) is 9.66. The minimum atomic E-state index is -4.71. The molecule has 0 unspecified atom stereocenters. The standard InChI is InChI=1S/C22H21F3N2O3/c1-26-19-5-3-2-4-18(19)20(14-21(26)28)27-12-10-16(11-13-27)29-15-6-8-17(9-7-15)30-22(23,24)25/h2-9,14,16H,10-13H2,1H3. The van der Waals surface area contributed by atoms with Crippen molar-refractivity contribution < 1.29 is 22.6 Å². The SMILES string of the molecule is Cn1c(=O)cc(N2CCC(Oc3ccc(OC(F)(F)F)cc3)CC2)c2ccccc21. The molecule has 1 aliphatic rings. The van der Waals surface area contributed by atoms with Crippen molar-refractivity contribution >= 4 is 16.6 Å². The molecule has 1 aliphatic heterocycles. The fourth-order valence-corrected chi connectivity index (χ4v) is 3.78. The van der Waals surface area contributed by atoms with Crippen LogP contribution in [0.5, 0.6) is 11.5 Å². The lowest BCUT2D eigenvalue weighted by Gasteiger charge is -2.34. The quantitative estimate of drug-likeness (QED) is 0.627. The van der Waals surface area contributed by atoms with Crippen molar-refractivity contribution in [1.82, 2.24) is 4.57 Å². The summed E-state index contributed by atoms with van der Waals surface area (Å²) in [6.07, 6.45) is -3.28. The fraction of sp³-hybridized carbons (Fsp3) is 0.318. The van der Waals surface area contributed by atoms with E-state index in [-0.39, 0.29) is 17.4 Å². The molecule has 1 aromatic heterocycles. The number of aryl methyl sites for hydroxylation is 1. The summed E-state index contributed by atoms with van der Waals surface area (Å²) in [5.41, 5.74) is 1.75. The van der Waals surface area contributed by atoms with Crippen LogP contribution in [0.15, 0.2) is 59.4 Å². The smallest absolute Gasteiger partial charge is 0.490 e. The maximum Gasteiger partial charge on any atom is 0.573 e.